The fourth-order valence-electron chi connectivity index (χ4n) is 1.89. The second-order valence-electron chi connectivity index (χ2n) is 6.66. The molecule has 3 amide bonds. The molecule has 27 heavy (non-hydrogen) atoms. The maximum atomic E-state index is 12.0. The largest absolute Gasteiger partial charge is 0.445 e. The van der Waals surface area contributed by atoms with Crippen molar-refractivity contribution in [3.8, 4) is 0 Å². The summed E-state index contributed by atoms with van der Waals surface area (Å²) in [5.74, 6) is -0.597. The number of aliphatic hydroxyl groups excluding tert-OH is 1. The fourth-order valence-corrected chi connectivity index (χ4v) is 1.89. The van der Waals surface area contributed by atoms with Crippen LogP contribution >= 0.6 is 0 Å². The topological polar surface area (TPSA) is 126 Å². The van der Waals surface area contributed by atoms with Crippen LogP contribution in [0.2, 0.25) is 0 Å². The molecule has 1 rings (SSSR count). The first-order chi connectivity index (χ1) is 12.7. The number of alkyl carbamates (subject to hydrolysis) is 2. The summed E-state index contributed by atoms with van der Waals surface area (Å²) in [7, 11) is 0. The zero-order valence-corrected chi connectivity index (χ0v) is 15.8. The van der Waals surface area contributed by atoms with E-state index in [4.69, 9.17) is 9.47 Å². The highest BCUT2D eigenvalue weighted by molar-refractivity contribution is 5.85. The molecule has 0 spiro atoms. The number of carbonyl (C=O) groups is 3. The van der Waals surface area contributed by atoms with E-state index in [1.54, 1.807) is 32.9 Å². The number of rotatable bonds is 8. The Morgan fingerprint density at radius 2 is 1.67 bits per heavy atom. The number of amides is 3. The van der Waals surface area contributed by atoms with Gasteiger partial charge >= 0.3 is 12.2 Å². The van der Waals surface area contributed by atoms with Gasteiger partial charge in [0.15, 0.2) is 0 Å². The van der Waals surface area contributed by atoms with E-state index in [9.17, 15) is 19.5 Å². The molecule has 4 N–H and O–H groups in total. The van der Waals surface area contributed by atoms with E-state index >= 15 is 0 Å². The number of ether oxygens (including phenoxy) is 2. The zero-order valence-electron chi connectivity index (χ0n) is 15.8. The van der Waals surface area contributed by atoms with Crippen LogP contribution in [0.15, 0.2) is 30.3 Å². The van der Waals surface area contributed by atoms with Gasteiger partial charge in [0.25, 0.3) is 0 Å². The van der Waals surface area contributed by atoms with Crippen LogP contribution in [-0.2, 0) is 20.9 Å². The van der Waals surface area contributed by atoms with E-state index in [1.807, 2.05) is 18.2 Å². The summed E-state index contributed by atoms with van der Waals surface area (Å²) >= 11 is 0. The minimum atomic E-state index is -1.16. The Hall–Kier alpha value is -2.81. The van der Waals surface area contributed by atoms with Gasteiger partial charge < -0.3 is 30.5 Å². The van der Waals surface area contributed by atoms with Gasteiger partial charge in [-0.2, -0.15) is 0 Å². The predicted molar refractivity (Wildman–Crippen MR) is 97.9 cm³/mol. The molecule has 9 nitrogen and oxygen atoms in total. The quantitative estimate of drug-likeness (QED) is 0.496. The van der Waals surface area contributed by atoms with E-state index in [0.717, 1.165) is 5.56 Å². The van der Waals surface area contributed by atoms with Gasteiger partial charge in [0, 0.05) is 13.1 Å². The van der Waals surface area contributed by atoms with Gasteiger partial charge in [-0.25, -0.2) is 9.59 Å². The fraction of sp³-hybridized carbons (Fsp3) is 0.500. The van der Waals surface area contributed by atoms with Crippen molar-refractivity contribution in [2.24, 2.45) is 0 Å². The number of hydrogen-bond donors (Lipinski definition) is 4. The van der Waals surface area contributed by atoms with Crippen molar-refractivity contribution in [3.05, 3.63) is 35.9 Å². The molecule has 0 aliphatic rings. The first kappa shape index (κ1) is 22.2. The minimum absolute atomic E-state index is 0.0479. The van der Waals surface area contributed by atoms with Crippen molar-refractivity contribution >= 4 is 18.1 Å². The Balaban J connectivity index is 2.28. The Labute approximate surface area is 158 Å². The molecule has 0 saturated carbocycles. The van der Waals surface area contributed by atoms with Gasteiger partial charge in [-0.15, -0.1) is 0 Å². The second-order valence-corrected chi connectivity index (χ2v) is 6.66. The van der Waals surface area contributed by atoms with Crippen molar-refractivity contribution < 1.29 is 29.0 Å². The third-order valence-corrected chi connectivity index (χ3v) is 3.10. The lowest BCUT2D eigenvalue weighted by Gasteiger charge is -2.20. The molecular weight excluding hydrogens is 354 g/mol. The maximum absolute atomic E-state index is 12.0. The lowest BCUT2D eigenvalue weighted by atomic mass is 10.2. The molecule has 1 aromatic rings. The molecule has 0 unspecified atom stereocenters. The average molecular weight is 381 g/mol. The average Bonchev–Trinajstić information content (AvgIpc) is 2.60. The van der Waals surface area contributed by atoms with Crippen LogP contribution in [0.25, 0.3) is 0 Å². The summed E-state index contributed by atoms with van der Waals surface area (Å²) in [6.07, 6.45) is -1.42. The van der Waals surface area contributed by atoms with E-state index in [2.05, 4.69) is 16.0 Å². The maximum Gasteiger partial charge on any atom is 0.408 e. The number of hydrogen-bond acceptors (Lipinski definition) is 6. The number of carbonyl (C=O) groups excluding carboxylic acids is 3. The smallest absolute Gasteiger partial charge is 0.408 e. The monoisotopic (exact) mass is 381 g/mol. The van der Waals surface area contributed by atoms with Gasteiger partial charge in [-0.3, -0.25) is 4.79 Å². The molecule has 0 aliphatic carbocycles. The number of nitrogens with one attached hydrogen (secondary N) is 3. The molecule has 0 radical (unpaired) electrons. The Morgan fingerprint density at radius 3 is 2.26 bits per heavy atom. The van der Waals surface area contributed by atoms with Crippen molar-refractivity contribution in [2.75, 3.05) is 19.7 Å². The summed E-state index contributed by atoms with van der Waals surface area (Å²) in [6, 6.07) is 7.89. The number of aliphatic hydroxyl groups is 1. The van der Waals surface area contributed by atoms with E-state index in [1.165, 1.54) is 0 Å². The summed E-state index contributed by atoms with van der Waals surface area (Å²) in [4.78, 5) is 35.2. The van der Waals surface area contributed by atoms with Crippen LogP contribution in [0.5, 0.6) is 0 Å². The van der Waals surface area contributed by atoms with Gasteiger partial charge in [0.05, 0.1) is 6.61 Å². The van der Waals surface area contributed by atoms with Crippen molar-refractivity contribution in [1.29, 1.82) is 0 Å². The first-order valence-corrected chi connectivity index (χ1v) is 8.54. The Morgan fingerprint density at radius 1 is 1.04 bits per heavy atom. The lowest BCUT2D eigenvalue weighted by Crippen LogP contribution is -2.50. The van der Waals surface area contributed by atoms with Gasteiger partial charge in [0.1, 0.15) is 18.2 Å². The van der Waals surface area contributed by atoms with Crippen molar-refractivity contribution in [2.45, 2.75) is 39.0 Å². The molecule has 0 saturated heterocycles. The summed E-state index contributed by atoms with van der Waals surface area (Å²) in [6.45, 7) is 4.92. The third kappa shape index (κ3) is 10.0. The van der Waals surface area contributed by atoms with Crippen LogP contribution in [0.4, 0.5) is 9.59 Å². The molecule has 9 heteroatoms. The molecule has 0 bridgehead atoms. The molecular formula is C18H27N3O6. The highest BCUT2D eigenvalue weighted by atomic mass is 16.6. The molecule has 1 atom stereocenters. The Bertz CT molecular complexity index is 615. The third-order valence-electron chi connectivity index (χ3n) is 3.10. The standard InChI is InChI=1S/C18H27N3O6/c1-18(2,3)27-16(24)20-10-9-19-15(23)14(11-22)21-17(25)26-12-13-7-5-4-6-8-13/h4-8,14,22H,9-12H2,1-3H3,(H,19,23)(H,20,24)(H,21,25)/t14-/m0/s1. The van der Waals surface area contributed by atoms with Crippen LogP contribution in [0, 0.1) is 0 Å². The molecule has 1 aromatic carbocycles. The van der Waals surface area contributed by atoms with Gasteiger partial charge in [0.2, 0.25) is 5.91 Å². The molecule has 0 aliphatic heterocycles. The normalized spacial score (nSPS) is 11.9. The molecule has 150 valence electrons. The zero-order chi connectivity index (χ0) is 20.3. The molecule has 0 fully saturated rings. The first-order valence-electron chi connectivity index (χ1n) is 8.54. The lowest BCUT2D eigenvalue weighted by molar-refractivity contribution is -0.123. The molecule has 0 heterocycles. The van der Waals surface area contributed by atoms with Gasteiger partial charge in [-0.05, 0) is 26.3 Å². The highest BCUT2D eigenvalue weighted by Crippen LogP contribution is 2.06. The SMILES string of the molecule is CC(C)(C)OC(=O)NCCNC(=O)[C@H](CO)NC(=O)OCc1ccccc1. The number of benzene rings is 1. The van der Waals surface area contributed by atoms with E-state index in [0.29, 0.717) is 0 Å². The predicted octanol–water partition coefficient (Wildman–Crippen LogP) is 0.915. The Kier molecular flexibility index (Phi) is 9.07. The highest BCUT2D eigenvalue weighted by Gasteiger charge is 2.20. The minimum Gasteiger partial charge on any atom is -0.445 e. The van der Waals surface area contributed by atoms with Crippen LogP contribution in [-0.4, -0.2) is 54.5 Å². The second kappa shape index (κ2) is 11.0. The summed E-state index contributed by atoms with van der Waals surface area (Å²) in [5.41, 5.74) is 0.185. The van der Waals surface area contributed by atoms with Crippen LogP contribution < -0.4 is 16.0 Å². The van der Waals surface area contributed by atoms with Gasteiger partial charge in [-0.1, -0.05) is 30.3 Å². The van der Waals surface area contributed by atoms with Crippen LogP contribution in [0.1, 0.15) is 26.3 Å². The van der Waals surface area contributed by atoms with Crippen LogP contribution in [0.3, 0.4) is 0 Å². The van der Waals surface area contributed by atoms with Crippen molar-refractivity contribution in [1.82, 2.24) is 16.0 Å². The summed E-state index contributed by atoms with van der Waals surface area (Å²) in [5, 5.41) is 16.5. The molecule has 0 aromatic heterocycles. The summed E-state index contributed by atoms with van der Waals surface area (Å²) < 4.78 is 10.1. The van der Waals surface area contributed by atoms with E-state index < -0.39 is 36.3 Å². The van der Waals surface area contributed by atoms with Crippen molar-refractivity contribution in [3.63, 3.8) is 0 Å². The van der Waals surface area contributed by atoms with E-state index in [-0.39, 0.29) is 19.7 Å².